The molecule has 0 saturated heterocycles. The molecule has 0 radical (unpaired) electrons. The summed E-state index contributed by atoms with van der Waals surface area (Å²) in [5.74, 6) is -0.261. The van der Waals surface area contributed by atoms with Crippen molar-refractivity contribution in [2.24, 2.45) is 0 Å². The third-order valence-electron chi connectivity index (χ3n) is 3.72. The Hall–Kier alpha value is -2.14. The van der Waals surface area contributed by atoms with Gasteiger partial charge in [0, 0.05) is 22.1 Å². The Bertz CT molecular complexity index is 799. The van der Waals surface area contributed by atoms with E-state index in [4.69, 9.17) is 11.6 Å². The number of aromatic nitrogens is 2. The van der Waals surface area contributed by atoms with Gasteiger partial charge >= 0.3 is 5.69 Å². The summed E-state index contributed by atoms with van der Waals surface area (Å²) in [6.45, 7) is 7.31. The Morgan fingerprint density at radius 3 is 2.57 bits per heavy atom. The maximum atomic E-state index is 12.6. The predicted molar refractivity (Wildman–Crippen MR) is 92.1 cm³/mol. The van der Waals surface area contributed by atoms with Gasteiger partial charge in [-0.05, 0) is 51.0 Å². The molecule has 1 aromatic heterocycles. The SMILES string of the molecule is CC[C@@H](C(=O)Nc1ccc(C)c(Cl)c1)n1c(C)cc(C)nc1=O. The first-order valence-electron chi connectivity index (χ1n) is 7.47. The largest absolute Gasteiger partial charge is 0.348 e. The number of rotatable bonds is 4. The lowest BCUT2D eigenvalue weighted by molar-refractivity contribution is -0.119. The van der Waals surface area contributed by atoms with Gasteiger partial charge in [-0.1, -0.05) is 24.6 Å². The number of carbonyl (C=O) groups is 1. The fourth-order valence-electron chi connectivity index (χ4n) is 2.52. The second kappa shape index (κ2) is 6.96. The van der Waals surface area contributed by atoms with Gasteiger partial charge in [-0.3, -0.25) is 9.36 Å². The Balaban J connectivity index is 2.32. The van der Waals surface area contributed by atoms with Crippen molar-refractivity contribution < 1.29 is 4.79 Å². The molecule has 1 aromatic carbocycles. The van der Waals surface area contributed by atoms with E-state index >= 15 is 0 Å². The molecule has 0 unspecified atom stereocenters. The molecule has 1 N–H and O–H groups in total. The van der Waals surface area contributed by atoms with Crippen LogP contribution in [0.1, 0.15) is 36.3 Å². The van der Waals surface area contributed by atoms with Crippen LogP contribution < -0.4 is 11.0 Å². The van der Waals surface area contributed by atoms with Crippen molar-refractivity contribution in [2.45, 2.75) is 40.2 Å². The van der Waals surface area contributed by atoms with Gasteiger partial charge in [0.2, 0.25) is 5.91 Å². The zero-order valence-corrected chi connectivity index (χ0v) is 14.4. The maximum Gasteiger partial charge on any atom is 0.348 e. The molecule has 0 saturated carbocycles. The van der Waals surface area contributed by atoms with E-state index in [0.29, 0.717) is 28.5 Å². The highest BCUT2D eigenvalue weighted by molar-refractivity contribution is 6.31. The number of nitrogens with zero attached hydrogens (tertiary/aromatic N) is 2. The molecule has 5 nitrogen and oxygen atoms in total. The summed E-state index contributed by atoms with van der Waals surface area (Å²) < 4.78 is 1.43. The molecule has 1 heterocycles. The number of halogens is 1. The second-order valence-electron chi connectivity index (χ2n) is 5.57. The van der Waals surface area contributed by atoms with Gasteiger partial charge in [-0.2, -0.15) is 4.98 Å². The van der Waals surface area contributed by atoms with Gasteiger partial charge in [-0.15, -0.1) is 0 Å². The summed E-state index contributed by atoms with van der Waals surface area (Å²) in [4.78, 5) is 28.7. The van der Waals surface area contributed by atoms with Crippen molar-refractivity contribution in [3.8, 4) is 0 Å². The summed E-state index contributed by atoms with van der Waals surface area (Å²) in [6.07, 6.45) is 0.483. The van der Waals surface area contributed by atoms with Gasteiger partial charge in [0.15, 0.2) is 0 Å². The molecule has 0 fully saturated rings. The number of carbonyl (C=O) groups excluding carboxylic acids is 1. The van der Waals surface area contributed by atoms with Crippen LogP contribution in [0.25, 0.3) is 0 Å². The molecule has 122 valence electrons. The zero-order chi connectivity index (χ0) is 17.1. The van der Waals surface area contributed by atoms with Gasteiger partial charge in [0.05, 0.1) is 0 Å². The predicted octanol–water partition coefficient (Wildman–Crippen LogP) is 3.41. The van der Waals surface area contributed by atoms with Gasteiger partial charge in [0.25, 0.3) is 0 Å². The monoisotopic (exact) mass is 333 g/mol. The molecule has 0 aliphatic carbocycles. The van der Waals surface area contributed by atoms with E-state index < -0.39 is 11.7 Å². The number of nitrogens with one attached hydrogen (secondary N) is 1. The standard InChI is InChI=1S/C17H20ClN3O2/c1-5-15(21-12(4)8-11(3)19-17(21)23)16(22)20-13-7-6-10(2)14(18)9-13/h6-9,15H,5H2,1-4H3,(H,20,22)/t15-/m0/s1. The second-order valence-corrected chi connectivity index (χ2v) is 5.98. The Kier molecular flexibility index (Phi) is 5.21. The van der Waals surface area contributed by atoms with Crippen molar-refractivity contribution >= 4 is 23.2 Å². The third-order valence-corrected chi connectivity index (χ3v) is 4.12. The highest BCUT2D eigenvalue weighted by Crippen LogP contribution is 2.21. The number of hydrogen-bond donors (Lipinski definition) is 1. The van der Waals surface area contributed by atoms with E-state index in [1.165, 1.54) is 4.57 Å². The lowest BCUT2D eigenvalue weighted by Gasteiger charge is -2.20. The fraction of sp³-hybridized carbons (Fsp3) is 0.353. The van der Waals surface area contributed by atoms with Crippen LogP contribution in [0.4, 0.5) is 5.69 Å². The van der Waals surface area contributed by atoms with Crippen LogP contribution in [0.3, 0.4) is 0 Å². The third kappa shape index (κ3) is 3.79. The van der Waals surface area contributed by atoms with Crippen LogP contribution in [0.15, 0.2) is 29.1 Å². The van der Waals surface area contributed by atoms with E-state index in [9.17, 15) is 9.59 Å². The van der Waals surface area contributed by atoms with E-state index in [0.717, 1.165) is 5.56 Å². The summed E-state index contributed by atoms with van der Waals surface area (Å²) in [5.41, 5.74) is 2.49. The molecule has 0 spiro atoms. The van der Waals surface area contributed by atoms with Gasteiger partial charge < -0.3 is 5.32 Å². The number of anilines is 1. The molecule has 1 amide bonds. The smallest absolute Gasteiger partial charge is 0.324 e. The quantitative estimate of drug-likeness (QED) is 0.932. The van der Waals surface area contributed by atoms with Crippen LogP contribution in [0, 0.1) is 20.8 Å². The number of benzene rings is 1. The molecule has 23 heavy (non-hydrogen) atoms. The molecular weight excluding hydrogens is 314 g/mol. The summed E-state index contributed by atoms with van der Waals surface area (Å²) in [5, 5.41) is 3.40. The minimum Gasteiger partial charge on any atom is -0.324 e. The minimum absolute atomic E-state index is 0.261. The molecule has 0 bridgehead atoms. The Morgan fingerprint density at radius 1 is 1.30 bits per heavy atom. The van der Waals surface area contributed by atoms with E-state index in [-0.39, 0.29) is 5.91 Å². The first-order chi connectivity index (χ1) is 10.8. The topological polar surface area (TPSA) is 64.0 Å². The van der Waals surface area contributed by atoms with E-state index in [1.54, 1.807) is 32.0 Å². The normalized spacial score (nSPS) is 12.0. The Labute approximate surface area is 140 Å². The molecule has 0 aliphatic rings. The van der Waals surface area contributed by atoms with Crippen LogP contribution in [-0.2, 0) is 4.79 Å². The van der Waals surface area contributed by atoms with Crippen LogP contribution in [-0.4, -0.2) is 15.5 Å². The van der Waals surface area contributed by atoms with E-state index in [2.05, 4.69) is 10.3 Å². The first-order valence-corrected chi connectivity index (χ1v) is 7.85. The maximum absolute atomic E-state index is 12.6. The molecule has 6 heteroatoms. The first kappa shape index (κ1) is 17.2. The molecule has 0 aliphatic heterocycles. The van der Waals surface area contributed by atoms with Gasteiger partial charge in [-0.25, -0.2) is 4.79 Å². The highest BCUT2D eigenvalue weighted by atomic mass is 35.5. The van der Waals surface area contributed by atoms with Crippen molar-refractivity contribution in [3.05, 3.63) is 56.7 Å². The highest BCUT2D eigenvalue weighted by Gasteiger charge is 2.22. The van der Waals surface area contributed by atoms with Crippen LogP contribution in [0.2, 0.25) is 5.02 Å². The summed E-state index contributed by atoms with van der Waals surface area (Å²) >= 11 is 6.08. The zero-order valence-electron chi connectivity index (χ0n) is 13.7. The number of amides is 1. The van der Waals surface area contributed by atoms with Crippen molar-refractivity contribution in [2.75, 3.05) is 5.32 Å². The number of hydrogen-bond acceptors (Lipinski definition) is 3. The lowest BCUT2D eigenvalue weighted by Crippen LogP contribution is -2.36. The molecule has 2 aromatic rings. The van der Waals surface area contributed by atoms with Gasteiger partial charge in [0.1, 0.15) is 6.04 Å². The fourth-order valence-corrected chi connectivity index (χ4v) is 2.70. The molecule has 2 rings (SSSR count). The van der Waals surface area contributed by atoms with Crippen molar-refractivity contribution in [1.82, 2.24) is 9.55 Å². The summed E-state index contributed by atoms with van der Waals surface area (Å²) in [7, 11) is 0. The Morgan fingerprint density at radius 2 is 2.00 bits per heavy atom. The molecular formula is C17H20ClN3O2. The number of aryl methyl sites for hydroxylation is 3. The minimum atomic E-state index is -0.615. The van der Waals surface area contributed by atoms with Crippen LogP contribution in [0.5, 0.6) is 0 Å². The van der Waals surface area contributed by atoms with E-state index in [1.807, 2.05) is 19.9 Å². The van der Waals surface area contributed by atoms with Crippen LogP contribution >= 0.6 is 11.6 Å². The average molecular weight is 334 g/mol. The van der Waals surface area contributed by atoms with Crippen molar-refractivity contribution in [3.63, 3.8) is 0 Å². The summed E-state index contributed by atoms with van der Waals surface area (Å²) in [6, 6.07) is 6.50. The lowest BCUT2D eigenvalue weighted by atomic mass is 10.1. The molecule has 1 atom stereocenters. The average Bonchev–Trinajstić information content (AvgIpc) is 2.46. The van der Waals surface area contributed by atoms with Crippen molar-refractivity contribution in [1.29, 1.82) is 0 Å².